The van der Waals surface area contributed by atoms with Gasteiger partial charge in [-0.3, -0.25) is 5.43 Å². The number of benzene rings is 3. The maximum absolute atomic E-state index is 13.9. The molecule has 0 saturated carbocycles. The van der Waals surface area contributed by atoms with Crippen molar-refractivity contribution in [3.8, 4) is 11.5 Å². The summed E-state index contributed by atoms with van der Waals surface area (Å²) in [6.45, 7) is -0.0328. The average molecular weight is 418 g/mol. The molecule has 3 rings (SSSR count). The maximum atomic E-state index is 13.9. The molecule has 0 amide bonds. The first-order valence-corrected chi connectivity index (χ1v) is 8.88. The molecule has 0 heterocycles. The van der Waals surface area contributed by atoms with E-state index in [4.69, 9.17) is 9.47 Å². The van der Waals surface area contributed by atoms with Gasteiger partial charge in [-0.2, -0.15) is 18.3 Å². The molecule has 30 heavy (non-hydrogen) atoms. The van der Waals surface area contributed by atoms with Crippen LogP contribution in [-0.2, 0) is 12.8 Å². The van der Waals surface area contributed by atoms with Crippen LogP contribution in [0.3, 0.4) is 0 Å². The van der Waals surface area contributed by atoms with Gasteiger partial charge in [0, 0.05) is 11.1 Å². The predicted molar refractivity (Wildman–Crippen MR) is 106 cm³/mol. The molecule has 3 aromatic rings. The standard InChI is InChI=1S/C22H18F4N2O2/c1-29-20-11-4-7-15(21(20)30-14-16-6-2-3-10-19(16)23)13-27-28-18-9-5-8-17(12-18)22(24,25)26/h2-13,28H,14H2,1H3. The fourth-order valence-electron chi connectivity index (χ4n) is 2.66. The van der Waals surface area contributed by atoms with Gasteiger partial charge in [0.25, 0.3) is 0 Å². The van der Waals surface area contributed by atoms with Crippen molar-refractivity contribution in [3.63, 3.8) is 0 Å². The van der Waals surface area contributed by atoms with Crippen LogP contribution in [0.4, 0.5) is 23.2 Å². The molecular formula is C22H18F4N2O2. The van der Waals surface area contributed by atoms with Crippen LogP contribution in [0.2, 0.25) is 0 Å². The number of halogens is 4. The second-order valence-electron chi connectivity index (χ2n) is 6.21. The highest BCUT2D eigenvalue weighted by atomic mass is 19.4. The normalized spacial score (nSPS) is 11.5. The topological polar surface area (TPSA) is 42.8 Å². The van der Waals surface area contributed by atoms with Gasteiger partial charge in [0.1, 0.15) is 12.4 Å². The number of hydrogen-bond donors (Lipinski definition) is 1. The summed E-state index contributed by atoms with van der Waals surface area (Å²) in [5.74, 6) is 0.348. The van der Waals surface area contributed by atoms with Crippen LogP contribution in [0, 0.1) is 5.82 Å². The van der Waals surface area contributed by atoms with Crippen LogP contribution in [-0.4, -0.2) is 13.3 Å². The largest absolute Gasteiger partial charge is 0.493 e. The minimum absolute atomic E-state index is 0.0328. The minimum atomic E-state index is -4.44. The first-order valence-electron chi connectivity index (χ1n) is 8.88. The van der Waals surface area contributed by atoms with Gasteiger partial charge in [-0.05, 0) is 36.4 Å². The number of hydrazone groups is 1. The summed E-state index contributed by atoms with van der Waals surface area (Å²) < 4.78 is 63.4. The summed E-state index contributed by atoms with van der Waals surface area (Å²) in [6, 6.07) is 16.0. The van der Waals surface area contributed by atoms with E-state index in [0.717, 1.165) is 12.1 Å². The molecule has 0 aliphatic carbocycles. The lowest BCUT2D eigenvalue weighted by atomic mass is 10.2. The van der Waals surface area contributed by atoms with Gasteiger partial charge in [0.15, 0.2) is 11.5 Å². The quantitative estimate of drug-likeness (QED) is 0.296. The van der Waals surface area contributed by atoms with E-state index in [9.17, 15) is 17.6 Å². The van der Waals surface area contributed by atoms with Crippen molar-refractivity contribution in [2.24, 2.45) is 5.10 Å². The number of para-hydroxylation sites is 1. The zero-order valence-electron chi connectivity index (χ0n) is 15.9. The summed E-state index contributed by atoms with van der Waals surface area (Å²) in [5.41, 5.74) is 2.84. The number of anilines is 1. The SMILES string of the molecule is COc1cccc(C=NNc2cccc(C(F)(F)F)c2)c1OCc1ccccc1F. The van der Waals surface area contributed by atoms with Crippen molar-refractivity contribution in [3.05, 3.63) is 89.2 Å². The summed E-state index contributed by atoms with van der Waals surface area (Å²) in [4.78, 5) is 0. The highest BCUT2D eigenvalue weighted by molar-refractivity contribution is 5.85. The van der Waals surface area contributed by atoms with Crippen LogP contribution in [0.25, 0.3) is 0 Å². The highest BCUT2D eigenvalue weighted by Crippen LogP contribution is 2.32. The first kappa shape index (κ1) is 21.2. The molecule has 0 saturated heterocycles. The molecule has 0 bridgehead atoms. The molecule has 0 aliphatic rings. The molecular weight excluding hydrogens is 400 g/mol. The summed E-state index contributed by atoms with van der Waals surface area (Å²) in [6.07, 6.45) is -3.05. The molecule has 0 aromatic heterocycles. The minimum Gasteiger partial charge on any atom is -0.493 e. The zero-order chi connectivity index (χ0) is 21.6. The van der Waals surface area contributed by atoms with Gasteiger partial charge in [0.2, 0.25) is 0 Å². The van der Waals surface area contributed by atoms with Crippen molar-refractivity contribution in [1.29, 1.82) is 0 Å². The van der Waals surface area contributed by atoms with Crippen molar-refractivity contribution in [2.75, 3.05) is 12.5 Å². The number of nitrogens with zero attached hydrogens (tertiary/aromatic N) is 1. The van der Waals surface area contributed by atoms with E-state index in [2.05, 4.69) is 10.5 Å². The number of hydrogen-bond acceptors (Lipinski definition) is 4. The number of methoxy groups -OCH3 is 1. The number of nitrogens with one attached hydrogen (secondary N) is 1. The molecule has 0 radical (unpaired) electrons. The van der Waals surface area contributed by atoms with E-state index in [-0.39, 0.29) is 12.3 Å². The molecule has 3 aromatic carbocycles. The number of ether oxygens (including phenoxy) is 2. The zero-order valence-corrected chi connectivity index (χ0v) is 15.9. The number of alkyl halides is 3. The third-order valence-electron chi connectivity index (χ3n) is 4.15. The molecule has 4 nitrogen and oxygen atoms in total. The molecule has 0 spiro atoms. The Hall–Kier alpha value is -3.55. The van der Waals surface area contributed by atoms with Gasteiger partial charge < -0.3 is 9.47 Å². The Morgan fingerprint density at radius 3 is 2.50 bits per heavy atom. The summed E-state index contributed by atoms with van der Waals surface area (Å²) in [5, 5.41) is 3.99. The van der Waals surface area contributed by atoms with Crippen LogP contribution in [0.15, 0.2) is 71.8 Å². The Kier molecular flexibility index (Phi) is 6.56. The second kappa shape index (κ2) is 9.30. The Morgan fingerprint density at radius 2 is 1.77 bits per heavy atom. The molecule has 0 atom stereocenters. The molecule has 0 fully saturated rings. The van der Waals surface area contributed by atoms with E-state index >= 15 is 0 Å². The van der Waals surface area contributed by atoms with Gasteiger partial charge >= 0.3 is 6.18 Å². The summed E-state index contributed by atoms with van der Waals surface area (Å²) in [7, 11) is 1.47. The van der Waals surface area contributed by atoms with Gasteiger partial charge in [0.05, 0.1) is 24.6 Å². The van der Waals surface area contributed by atoms with E-state index in [0.29, 0.717) is 22.6 Å². The van der Waals surface area contributed by atoms with Crippen molar-refractivity contribution in [2.45, 2.75) is 12.8 Å². The highest BCUT2D eigenvalue weighted by Gasteiger charge is 2.30. The van der Waals surface area contributed by atoms with E-state index in [1.807, 2.05) is 0 Å². The Balaban J connectivity index is 1.78. The van der Waals surface area contributed by atoms with Crippen LogP contribution >= 0.6 is 0 Å². The van der Waals surface area contributed by atoms with E-state index < -0.39 is 17.6 Å². The predicted octanol–water partition coefficient (Wildman–Crippen LogP) is 5.88. The van der Waals surface area contributed by atoms with Crippen LogP contribution in [0.1, 0.15) is 16.7 Å². The fourth-order valence-corrected chi connectivity index (χ4v) is 2.66. The fraction of sp³-hybridized carbons (Fsp3) is 0.136. The lowest BCUT2D eigenvalue weighted by molar-refractivity contribution is -0.137. The Bertz CT molecular complexity index is 1040. The smallest absolute Gasteiger partial charge is 0.416 e. The summed E-state index contributed by atoms with van der Waals surface area (Å²) >= 11 is 0. The second-order valence-corrected chi connectivity index (χ2v) is 6.21. The van der Waals surface area contributed by atoms with E-state index in [1.165, 1.54) is 31.5 Å². The van der Waals surface area contributed by atoms with Crippen molar-refractivity contribution in [1.82, 2.24) is 0 Å². The van der Waals surface area contributed by atoms with Crippen LogP contribution in [0.5, 0.6) is 11.5 Å². The first-order chi connectivity index (χ1) is 14.4. The third kappa shape index (κ3) is 5.28. The maximum Gasteiger partial charge on any atom is 0.416 e. The van der Waals surface area contributed by atoms with Crippen LogP contribution < -0.4 is 14.9 Å². The Morgan fingerprint density at radius 1 is 1.00 bits per heavy atom. The third-order valence-corrected chi connectivity index (χ3v) is 4.15. The van der Waals surface area contributed by atoms with Crippen molar-refractivity contribution < 1.29 is 27.0 Å². The lowest BCUT2D eigenvalue weighted by Crippen LogP contribution is -2.05. The van der Waals surface area contributed by atoms with Gasteiger partial charge in [-0.1, -0.05) is 30.3 Å². The molecule has 0 unspecified atom stereocenters. The number of rotatable bonds is 7. The molecule has 8 heteroatoms. The van der Waals surface area contributed by atoms with Gasteiger partial charge in [-0.25, -0.2) is 4.39 Å². The molecule has 0 aliphatic heterocycles. The van der Waals surface area contributed by atoms with E-state index in [1.54, 1.807) is 36.4 Å². The molecule has 1 N–H and O–H groups in total. The molecule has 156 valence electrons. The monoisotopic (exact) mass is 418 g/mol. The Labute approximate surface area is 170 Å². The lowest BCUT2D eigenvalue weighted by Gasteiger charge is -2.13. The van der Waals surface area contributed by atoms with Gasteiger partial charge in [-0.15, -0.1) is 0 Å². The average Bonchev–Trinajstić information content (AvgIpc) is 2.73. The van der Waals surface area contributed by atoms with Crippen molar-refractivity contribution >= 4 is 11.9 Å².